The summed E-state index contributed by atoms with van der Waals surface area (Å²) in [5, 5.41) is 14.7. The largest absolute Gasteiger partial charge is 0.395 e. The first-order chi connectivity index (χ1) is 12.4. The van der Waals surface area contributed by atoms with Gasteiger partial charge in [0.05, 0.1) is 6.61 Å². The third-order valence-corrected chi connectivity index (χ3v) is 5.11. The zero-order valence-corrected chi connectivity index (χ0v) is 14.7. The summed E-state index contributed by atoms with van der Waals surface area (Å²) in [5.74, 6) is -0.898. The van der Waals surface area contributed by atoms with E-state index in [0.29, 0.717) is 25.1 Å². The van der Waals surface area contributed by atoms with Gasteiger partial charge in [0.25, 0.3) is 5.91 Å². The Morgan fingerprint density at radius 2 is 2.15 bits per heavy atom. The number of carbonyl (C=O) groups excluding carboxylic acids is 3. The fourth-order valence-electron chi connectivity index (χ4n) is 3.42. The molecule has 8 nitrogen and oxygen atoms in total. The number of benzene rings is 1. The molecule has 2 heterocycles. The van der Waals surface area contributed by atoms with Gasteiger partial charge in [0, 0.05) is 37.2 Å². The predicted octanol–water partition coefficient (Wildman–Crippen LogP) is -0.755. The molecule has 0 bridgehead atoms. The van der Waals surface area contributed by atoms with Crippen molar-refractivity contribution in [1.82, 2.24) is 15.5 Å². The smallest absolute Gasteiger partial charge is 0.255 e. The molecular formula is C18H24N4O4. The highest BCUT2D eigenvalue weighted by Gasteiger charge is 2.39. The monoisotopic (exact) mass is 360 g/mol. The van der Waals surface area contributed by atoms with Gasteiger partial charge in [0.2, 0.25) is 11.8 Å². The minimum atomic E-state index is -0.616. The number of imide groups is 1. The molecule has 1 aromatic rings. The topological polar surface area (TPSA) is 125 Å². The molecule has 26 heavy (non-hydrogen) atoms. The van der Waals surface area contributed by atoms with Crippen LogP contribution in [0.2, 0.25) is 0 Å². The molecule has 140 valence electrons. The van der Waals surface area contributed by atoms with Gasteiger partial charge in [-0.3, -0.25) is 19.7 Å². The van der Waals surface area contributed by atoms with Gasteiger partial charge < -0.3 is 21.1 Å². The SMILES string of the molecule is C[C@@H](NCc1cccc2c1C(=O)N(C1CCC(=O)NC1=O)C2)[C@H](N)CO. The number of amides is 3. The average Bonchev–Trinajstić information content (AvgIpc) is 2.96. The van der Waals surface area contributed by atoms with Crippen LogP contribution in [-0.4, -0.2) is 52.5 Å². The lowest BCUT2D eigenvalue weighted by atomic mass is 10.0. The highest BCUT2D eigenvalue weighted by atomic mass is 16.3. The number of aliphatic hydroxyl groups excluding tert-OH is 1. The number of hydrogen-bond acceptors (Lipinski definition) is 6. The molecule has 0 saturated carbocycles. The quantitative estimate of drug-likeness (QED) is 0.495. The lowest BCUT2D eigenvalue weighted by molar-refractivity contribution is -0.136. The number of piperidine rings is 1. The van der Waals surface area contributed by atoms with Crippen LogP contribution in [0.1, 0.15) is 41.3 Å². The number of hydrogen-bond donors (Lipinski definition) is 4. The van der Waals surface area contributed by atoms with E-state index in [4.69, 9.17) is 10.8 Å². The summed E-state index contributed by atoms with van der Waals surface area (Å²) in [6.45, 7) is 2.55. The Balaban J connectivity index is 1.76. The fourth-order valence-corrected chi connectivity index (χ4v) is 3.42. The maximum absolute atomic E-state index is 12.9. The minimum absolute atomic E-state index is 0.112. The minimum Gasteiger partial charge on any atom is -0.395 e. The molecule has 2 aliphatic rings. The number of rotatable bonds is 6. The van der Waals surface area contributed by atoms with Gasteiger partial charge in [-0.25, -0.2) is 0 Å². The second-order valence-corrected chi connectivity index (χ2v) is 6.87. The number of carbonyl (C=O) groups is 3. The molecule has 3 atom stereocenters. The Morgan fingerprint density at radius 1 is 1.38 bits per heavy atom. The van der Waals surface area contributed by atoms with Crippen LogP contribution < -0.4 is 16.4 Å². The second kappa shape index (κ2) is 7.53. The van der Waals surface area contributed by atoms with E-state index in [0.717, 1.165) is 11.1 Å². The summed E-state index contributed by atoms with van der Waals surface area (Å²) in [7, 11) is 0. The molecule has 0 spiro atoms. The summed E-state index contributed by atoms with van der Waals surface area (Å²) in [6, 6.07) is 4.52. The molecule has 3 rings (SSSR count). The molecule has 3 amide bonds. The van der Waals surface area contributed by atoms with Crippen molar-refractivity contribution in [2.45, 2.75) is 51.0 Å². The number of nitrogens with zero attached hydrogens (tertiary/aromatic N) is 1. The number of nitrogens with two attached hydrogens (primary N) is 1. The van der Waals surface area contributed by atoms with Crippen molar-refractivity contribution >= 4 is 17.7 Å². The van der Waals surface area contributed by atoms with Crippen LogP contribution in [0.4, 0.5) is 0 Å². The summed E-state index contributed by atoms with van der Waals surface area (Å²) in [6.07, 6.45) is 0.585. The van der Waals surface area contributed by atoms with E-state index in [2.05, 4.69) is 10.6 Å². The maximum atomic E-state index is 12.9. The van der Waals surface area contributed by atoms with Gasteiger partial charge >= 0.3 is 0 Å². The Morgan fingerprint density at radius 3 is 2.85 bits per heavy atom. The van der Waals surface area contributed by atoms with Crippen LogP contribution in [0, 0.1) is 0 Å². The van der Waals surface area contributed by atoms with E-state index < -0.39 is 11.9 Å². The molecule has 0 aliphatic carbocycles. The summed E-state index contributed by atoms with van der Waals surface area (Å²) < 4.78 is 0. The van der Waals surface area contributed by atoms with Crippen molar-refractivity contribution in [2.24, 2.45) is 5.73 Å². The number of aliphatic hydroxyl groups is 1. The van der Waals surface area contributed by atoms with E-state index in [-0.39, 0.29) is 36.9 Å². The molecule has 1 aromatic carbocycles. The first-order valence-corrected chi connectivity index (χ1v) is 8.77. The predicted molar refractivity (Wildman–Crippen MR) is 93.9 cm³/mol. The van der Waals surface area contributed by atoms with E-state index in [1.54, 1.807) is 4.90 Å². The standard InChI is InChI=1S/C18H24N4O4/c1-10(13(19)9-23)20-7-11-3-2-4-12-8-22(18(26)16(11)12)14-5-6-15(24)21-17(14)25/h2-4,10,13-14,20,23H,5-9,19H2,1H3,(H,21,24,25)/t10-,13-,14?/m1/s1. The van der Waals surface area contributed by atoms with Gasteiger partial charge in [-0.15, -0.1) is 0 Å². The maximum Gasteiger partial charge on any atom is 0.255 e. The van der Waals surface area contributed by atoms with E-state index in [1.807, 2.05) is 25.1 Å². The normalized spacial score (nSPS) is 22.2. The lowest BCUT2D eigenvalue weighted by Crippen LogP contribution is -2.52. The Kier molecular flexibility index (Phi) is 5.36. The number of nitrogens with one attached hydrogen (secondary N) is 2. The fraction of sp³-hybridized carbons (Fsp3) is 0.500. The molecule has 0 aromatic heterocycles. The molecule has 1 unspecified atom stereocenters. The van der Waals surface area contributed by atoms with Gasteiger partial charge in [-0.2, -0.15) is 0 Å². The molecule has 5 N–H and O–H groups in total. The van der Waals surface area contributed by atoms with Crippen molar-refractivity contribution in [3.05, 3.63) is 34.9 Å². The van der Waals surface area contributed by atoms with Gasteiger partial charge in [-0.1, -0.05) is 18.2 Å². The highest BCUT2D eigenvalue weighted by Crippen LogP contribution is 2.29. The first kappa shape index (κ1) is 18.5. The van der Waals surface area contributed by atoms with Crippen molar-refractivity contribution in [2.75, 3.05) is 6.61 Å². The summed E-state index contributed by atoms with van der Waals surface area (Å²) in [5.41, 5.74) is 8.12. The molecule has 0 radical (unpaired) electrons. The van der Waals surface area contributed by atoms with Crippen molar-refractivity contribution in [3.63, 3.8) is 0 Å². The van der Waals surface area contributed by atoms with E-state index >= 15 is 0 Å². The Bertz CT molecular complexity index is 736. The lowest BCUT2D eigenvalue weighted by Gasteiger charge is -2.29. The van der Waals surface area contributed by atoms with Crippen LogP contribution in [-0.2, 0) is 22.7 Å². The molecule has 2 aliphatic heterocycles. The van der Waals surface area contributed by atoms with Gasteiger partial charge in [-0.05, 0) is 24.5 Å². The summed E-state index contributed by atoms with van der Waals surface area (Å²) in [4.78, 5) is 38.0. The van der Waals surface area contributed by atoms with Crippen LogP contribution in [0.15, 0.2) is 18.2 Å². The molecule has 1 saturated heterocycles. The van der Waals surface area contributed by atoms with Crippen LogP contribution >= 0.6 is 0 Å². The zero-order valence-electron chi connectivity index (χ0n) is 14.7. The first-order valence-electron chi connectivity index (χ1n) is 8.77. The van der Waals surface area contributed by atoms with E-state index in [9.17, 15) is 14.4 Å². The van der Waals surface area contributed by atoms with Crippen LogP contribution in [0.5, 0.6) is 0 Å². The van der Waals surface area contributed by atoms with Gasteiger partial charge in [0.15, 0.2) is 0 Å². The average molecular weight is 360 g/mol. The molecule has 1 fully saturated rings. The van der Waals surface area contributed by atoms with Crippen molar-refractivity contribution < 1.29 is 19.5 Å². The third-order valence-electron chi connectivity index (χ3n) is 5.11. The van der Waals surface area contributed by atoms with Crippen LogP contribution in [0.3, 0.4) is 0 Å². The second-order valence-electron chi connectivity index (χ2n) is 6.87. The molecular weight excluding hydrogens is 336 g/mol. The van der Waals surface area contributed by atoms with Crippen molar-refractivity contribution in [1.29, 1.82) is 0 Å². The Hall–Kier alpha value is -2.29. The van der Waals surface area contributed by atoms with Crippen LogP contribution in [0.25, 0.3) is 0 Å². The number of fused-ring (bicyclic) bond motifs is 1. The van der Waals surface area contributed by atoms with Crippen molar-refractivity contribution in [3.8, 4) is 0 Å². The molecule has 8 heteroatoms. The zero-order chi connectivity index (χ0) is 18.8. The van der Waals surface area contributed by atoms with Gasteiger partial charge in [0.1, 0.15) is 6.04 Å². The Labute approximate surface area is 151 Å². The van der Waals surface area contributed by atoms with E-state index in [1.165, 1.54) is 0 Å². The third kappa shape index (κ3) is 3.48. The highest BCUT2D eigenvalue weighted by molar-refractivity contribution is 6.05. The summed E-state index contributed by atoms with van der Waals surface area (Å²) >= 11 is 0.